The average Bonchev–Trinajstić information content (AvgIpc) is 2.56. The van der Waals surface area contributed by atoms with Crippen LogP contribution in [0.4, 0.5) is 0 Å². The summed E-state index contributed by atoms with van der Waals surface area (Å²) in [5.41, 5.74) is 2.43. The molecule has 0 unspecified atom stereocenters. The Hall–Kier alpha value is -0.930. The Balaban J connectivity index is 1.97. The zero-order chi connectivity index (χ0) is 16.2. The maximum absolute atomic E-state index is 6.03. The molecule has 0 amide bonds. The third-order valence-electron chi connectivity index (χ3n) is 3.41. The Labute approximate surface area is 159 Å². The normalized spacial score (nSPS) is 11.0. The topological polar surface area (TPSA) is 0 Å². The Morgan fingerprint density at radius 1 is 0.652 bits per heavy atom. The van der Waals surface area contributed by atoms with Crippen molar-refractivity contribution in [2.45, 2.75) is 10.1 Å². The van der Waals surface area contributed by atoms with Crippen LogP contribution < -0.4 is 0 Å². The van der Waals surface area contributed by atoms with E-state index in [0.717, 1.165) is 14.5 Å². The first kappa shape index (κ1) is 16.9. The number of hydrogen-bond donors (Lipinski definition) is 0. The van der Waals surface area contributed by atoms with Gasteiger partial charge in [-0.15, -0.1) is 11.8 Å². The first-order valence-corrected chi connectivity index (χ1v) is 9.48. The molecule has 0 saturated heterocycles. The molecule has 0 bridgehead atoms. The lowest BCUT2D eigenvalue weighted by atomic mass is 10.0. The summed E-state index contributed by atoms with van der Waals surface area (Å²) in [7, 11) is 0. The van der Waals surface area contributed by atoms with E-state index in [1.54, 1.807) is 0 Å². The summed E-state index contributed by atoms with van der Waals surface area (Å²) in [6, 6.07) is 24.4. The van der Waals surface area contributed by atoms with Crippen LogP contribution in [0.25, 0.3) is 0 Å². The highest BCUT2D eigenvalue weighted by Gasteiger charge is 2.16. The predicted octanol–water partition coefficient (Wildman–Crippen LogP) is 7.64. The molecule has 0 aliphatic heterocycles. The van der Waals surface area contributed by atoms with Gasteiger partial charge in [-0.05, 0) is 59.7 Å². The number of thioether (sulfide) groups is 1. The van der Waals surface area contributed by atoms with Gasteiger partial charge in [0.05, 0.1) is 5.25 Å². The van der Waals surface area contributed by atoms with Crippen LogP contribution in [0.5, 0.6) is 0 Å². The molecule has 0 aromatic heterocycles. The molecular formula is C19H13BrCl2S. The largest absolute Gasteiger partial charge is 0.113 e. The molecule has 4 heteroatoms. The molecule has 3 aromatic carbocycles. The van der Waals surface area contributed by atoms with E-state index < -0.39 is 0 Å². The van der Waals surface area contributed by atoms with E-state index in [4.69, 9.17) is 23.2 Å². The molecule has 0 nitrogen and oxygen atoms in total. The smallest absolute Gasteiger partial charge is 0.0593 e. The van der Waals surface area contributed by atoms with Crippen LogP contribution in [0.2, 0.25) is 10.0 Å². The van der Waals surface area contributed by atoms with E-state index >= 15 is 0 Å². The van der Waals surface area contributed by atoms with Gasteiger partial charge in [-0.2, -0.15) is 0 Å². The number of rotatable bonds is 4. The molecule has 0 aliphatic rings. The van der Waals surface area contributed by atoms with Crippen LogP contribution in [0.15, 0.2) is 82.2 Å². The molecule has 0 spiro atoms. The second kappa shape index (κ2) is 7.76. The van der Waals surface area contributed by atoms with Gasteiger partial charge in [-0.1, -0.05) is 63.4 Å². The fourth-order valence-corrected chi connectivity index (χ4v) is 3.92. The van der Waals surface area contributed by atoms with Crippen molar-refractivity contribution in [2.75, 3.05) is 0 Å². The minimum atomic E-state index is 0.186. The number of benzene rings is 3. The van der Waals surface area contributed by atoms with E-state index in [9.17, 15) is 0 Å². The van der Waals surface area contributed by atoms with Crippen molar-refractivity contribution in [3.63, 3.8) is 0 Å². The van der Waals surface area contributed by atoms with Crippen molar-refractivity contribution in [3.05, 3.63) is 98.4 Å². The van der Waals surface area contributed by atoms with Crippen LogP contribution in [-0.2, 0) is 0 Å². The standard InChI is InChI=1S/C19H13BrCl2S/c20-15-5-11-18(12-6-15)23-19(13-1-7-16(21)8-2-13)14-3-9-17(22)10-4-14/h1-12,19H. The molecule has 0 saturated carbocycles. The Bertz CT molecular complexity index is 722. The number of halogens is 3. The first-order chi connectivity index (χ1) is 11.1. The predicted molar refractivity (Wildman–Crippen MR) is 105 cm³/mol. The van der Waals surface area contributed by atoms with Gasteiger partial charge in [0, 0.05) is 19.4 Å². The highest BCUT2D eigenvalue weighted by molar-refractivity contribution is 9.10. The summed E-state index contributed by atoms with van der Waals surface area (Å²) in [5.74, 6) is 0. The Morgan fingerprint density at radius 3 is 1.52 bits per heavy atom. The molecule has 0 fully saturated rings. The summed E-state index contributed by atoms with van der Waals surface area (Å²) in [6.45, 7) is 0. The fraction of sp³-hybridized carbons (Fsp3) is 0.0526. The highest BCUT2D eigenvalue weighted by atomic mass is 79.9. The van der Waals surface area contributed by atoms with Crippen LogP contribution >= 0.6 is 50.9 Å². The molecule has 0 heterocycles. The molecule has 3 rings (SSSR count). The van der Waals surface area contributed by atoms with E-state index in [1.165, 1.54) is 16.0 Å². The van der Waals surface area contributed by atoms with Crippen molar-refractivity contribution in [2.24, 2.45) is 0 Å². The molecule has 3 aromatic rings. The fourth-order valence-electron chi connectivity index (χ4n) is 2.25. The third kappa shape index (κ3) is 4.54. The van der Waals surface area contributed by atoms with E-state index in [1.807, 2.05) is 36.0 Å². The summed E-state index contributed by atoms with van der Waals surface area (Å²) >= 11 is 17.3. The highest BCUT2D eigenvalue weighted by Crippen LogP contribution is 2.41. The van der Waals surface area contributed by atoms with E-state index in [0.29, 0.717) is 0 Å². The zero-order valence-electron chi connectivity index (χ0n) is 12.0. The lowest BCUT2D eigenvalue weighted by Gasteiger charge is -2.18. The van der Waals surface area contributed by atoms with Crippen LogP contribution in [-0.4, -0.2) is 0 Å². The lowest BCUT2D eigenvalue weighted by Crippen LogP contribution is -1.96. The van der Waals surface area contributed by atoms with Gasteiger partial charge < -0.3 is 0 Å². The maximum atomic E-state index is 6.03. The van der Waals surface area contributed by atoms with Gasteiger partial charge in [-0.3, -0.25) is 0 Å². The van der Waals surface area contributed by atoms with Crippen molar-refractivity contribution >= 4 is 50.9 Å². The first-order valence-electron chi connectivity index (χ1n) is 7.05. The van der Waals surface area contributed by atoms with E-state index in [2.05, 4.69) is 64.5 Å². The van der Waals surface area contributed by atoms with Gasteiger partial charge in [0.1, 0.15) is 0 Å². The maximum Gasteiger partial charge on any atom is 0.0593 e. The molecule has 23 heavy (non-hydrogen) atoms. The Morgan fingerprint density at radius 2 is 1.09 bits per heavy atom. The molecular weight excluding hydrogens is 411 g/mol. The lowest BCUT2D eigenvalue weighted by molar-refractivity contribution is 1.15. The van der Waals surface area contributed by atoms with Crippen molar-refractivity contribution in [3.8, 4) is 0 Å². The molecule has 0 radical (unpaired) electrons. The van der Waals surface area contributed by atoms with Gasteiger partial charge >= 0.3 is 0 Å². The van der Waals surface area contributed by atoms with Crippen LogP contribution in [0.1, 0.15) is 16.4 Å². The van der Waals surface area contributed by atoms with Gasteiger partial charge in [0.2, 0.25) is 0 Å². The van der Waals surface area contributed by atoms with Gasteiger partial charge in [0.25, 0.3) is 0 Å². The summed E-state index contributed by atoms with van der Waals surface area (Å²) in [5, 5.41) is 1.68. The molecule has 116 valence electrons. The summed E-state index contributed by atoms with van der Waals surface area (Å²) in [6.07, 6.45) is 0. The minimum absolute atomic E-state index is 0.186. The average molecular weight is 424 g/mol. The quantitative estimate of drug-likeness (QED) is 0.388. The van der Waals surface area contributed by atoms with E-state index in [-0.39, 0.29) is 5.25 Å². The minimum Gasteiger partial charge on any atom is -0.113 e. The van der Waals surface area contributed by atoms with Crippen LogP contribution in [0.3, 0.4) is 0 Å². The molecule has 0 N–H and O–H groups in total. The van der Waals surface area contributed by atoms with Crippen molar-refractivity contribution in [1.82, 2.24) is 0 Å². The summed E-state index contributed by atoms with van der Waals surface area (Å²) in [4.78, 5) is 1.21. The Kier molecular flexibility index (Phi) is 5.71. The van der Waals surface area contributed by atoms with Gasteiger partial charge in [-0.25, -0.2) is 0 Å². The monoisotopic (exact) mass is 422 g/mol. The van der Waals surface area contributed by atoms with Gasteiger partial charge in [0.15, 0.2) is 0 Å². The summed E-state index contributed by atoms with van der Waals surface area (Å²) < 4.78 is 1.08. The zero-order valence-corrected chi connectivity index (χ0v) is 16.0. The second-order valence-electron chi connectivity index (χ2n) is 5.05. The number of hydrogen-bond acceptors (Lipinski definition) is 1. The molecule has 0 aliphatic carbocycles. The van der Waals surface area contributed by atoms with Crippen molar-refractivity contribution < 1.29 is 0 Å². The van der Waals surface area contributed by atoms with Crippen molar-refractivity contribution in [1.29, 1.82) is 0 Å². The second-order valence-corrected chi connectivity index (χ2v) is 8.02. The van der Waals surface area contributed by atoms with Crippen LogP contribution in [0, 0.1) is 0 Å². The molecule has 0 atom stereocenters. The third-order valence-corrected chi connectivity index (χ3v) is 5.77. The SMILES string of the molecule is Clc1ccc(C(Sc2ccc(Br)cc2)c2ccc(Cl)cc2)cc1.